The maximum absolute atomic E-state index is 13.2. The monoisotopic (exact) mass is 360 g/mol. The fraction of sp³-hybridized carbons (Fsp3) is 0.500. The van der Waals surface area contributed by atoms with E-state index in [0.717, 1.165) is 11.0 Å². The van der Waals surface area contributed by atoms with Crippen molar-refractivity contribution in [1.82, 2.24) is 5.32 Å². The lowest BCUT2D eigenvalue weighted by Gasteiger charge is -2.23. The molecule has 1 aromatic rings. The standard InChI is InChI=1S/C16H19F3N2O4/c1-15(2,3)25-14(23)20-10-8-24-12-9(16(17,18)19)6-5-7-11(12)21(4)13(10)22/h5-7,10H,8H2,1-4H3,(H,20,23). The number of amides is 2. The molecular weight excluding hydrogens is 341 g/mol. The van der Waals surface area contributed by atoms with Crippen LogP contribution in [0, 0.1) is 0 Å². The first-order valence-corrected chi connectivity index (χ1v) is 7.50. The number of hydrogen-bond donors (Lipinski definition) is 1. The summed E-state index contributed by atoms with van der Waals surface area (Å²) in [5, 5.41) is 2.33. The highest BCUT2D eigenvalue weighted by atomic mass is 19.4. The maximum atomic E-state index is 13.2. The summed E-state index contributed by atoms with van der Waals surface area (Å²) in [6, 6.07) is 2.24. The predicted molar refractivity (Wildman–Crippen MR) is 83.5 cm³/mol. The molecule has 9 heteroatoms. The van der Waals surface area contributed by atoms with E-state index in [1.54, 1.807) is 20.8 Å². The molecule has 1 N–H and O–H groups in total. The van der Waals surface area contributed by atoms with E-state index >= 15 is 0 Å². The van der Waals surface area contributed by atoms with Gasteiger partial charge in [-0.2, -0.15) is 13.2 Å². The summed E-state index contributed by atoms with van der Waals surface area (Å²) in [4.78, 5) is 25.3. The number of anilines is 1. The van der Waals surface area contributed by atoms with E-state index in [0.29, 0.717) is 0 Å². The second-order valence-electron chi connectivity index (χ2n) is 6.56. The van der Waals surface area contributed by atoms with Crippen molar-refractivity contribution in [2.45, 2.75) is 38.6 Å². The number of carbonyl (C=O) groups is 2. The van der Waals surface area contributed by atoms with Crippen LogP contribution in [0.2, 0.25) is 0 Å². The van der Waals surface area contributed by atoms with Crippen molar-refractivity contribution in [3.05, 3.63) is 23.8 Å². The Kier molecular flexibility index (Phi) is 4.87. The Hall–Kier alpha value is -2.45. The van der Waals surface area contributed by atoms with Crippen molar-refractivity contribution in [1.29, 1.82) is 0 Å². The van der Waals surface area contributed by atoms with Gasteiger partial charge in [-0.15, -0.1) is 0 Å². The van der Waals surface area contributed by atoms with Crippen molar-refractivity contribution in [2.24, 2.45) is 0 Å². The summed E-state index contributed by atoms with van der Waals surface area (Å²) < 4.78 is 49.8. The van der Waals surface area contributed by atoms with E-state index in [1.807, 2.05) is 0 Å². The van der Waals surface area contributed by atoms with Crippen molar-refractivity contribution in [3.63, 3.8) is 0 Å². The summed E-state index contributed by atoms with van der Waals surface area (Å²) in [5.41, 5.74) is -1.78. The minimum Gasteiger partial charge on any atom is -0.488 e. The Morgan fingerprint density at radius 3 is 2.52 bits per heavy atom. The number of alkyl carbamates (subject to hydrolysis) is 1. The second kappa shape index (κ2) is 6.45. The zero-order chi connectivity index (χ0) is 19.0. The summed E-state index contributed by atoms with van der Waals surface area (Å²) in [6.45, 7) is 4.50. The molecule has 0 saturated carbocycles. The Bertz CT molecular complexity index is 683. The van der Waals surface area contributed by atoms with Gasteiger partial charge in [0.1, 0.15) is 18.2 Å². The molecule has 0 aliphatic carbocycles. The molecule has 1 aliphatic rings. The van der Waals surface area contributed by atoms with Crippen LogP contribution in [-0.2, 0) is 15.7 Å². The topological polar surface area (TPSA) is 67.9 Å². The number of para-hydroxylation sites is 1. The average molecular weight is 360 g/mol. The van der Waals surface area contributed by atoms with Crippen LogP contribution in [0.4, 0.5) is 23.7 Å². The number of fused-ring (bicyclic) bond motifs is 1. The minimum atomic E-state index is -4.63. The van der Waals surface area contributed by atoms with Crippen LogP contribution in [0.1, 0.15) is 26.3 Å². The number of likely N-dealkylation sites (N-methyl/N-ethyl adjacent to an activating group) is 1. The van der Waals surface area contributed by atoms with Gasteiger partial charge in [0.2, 0.25) is 0 Å². The Morgan fingerprint density at radius 2 is 1.96 bits per heavy atom. The third-order valence-electron chi connectivity index (χ3n) is 3.37. The highest BCUT2D eigenvalue weighted by molar-refractivity contribution is 6.00. The van der Waals surface area contributed by atoms with Gasteiger partial charge in [-0.05, 0) is 32.9 Å². The summed E-state index contributed by atoms with van der Waals surface area (Å²) >= 11 is 0. The summed E-state index contributed by atoms with van der Waals surface area (Å²) in [6.07, 6.45) is -5.49. The quantitative estimate of drug-likeness (QED) is 0.836. The molecule has 0 saturated heterocycles. The fourth-order valence-corrected chi connectivity index (χ4v) is 2.31. The Morgan fingerprint density at radius 1 is 1.32 bits per heavy atom. The zero-order valence-electron chi connectivity index (χ0n) is 14.2. The first kappa shape index (κ1) is 18.9. The van der Waals surface area contributed by atoms with Crippen LogP contribution in [0.5, 0.6) is 5.75 Å². The molecule has 0 radical (unpaired) electrons. The van der Waals surface area contributed by atoms with Crippen LogP contribution in [0.3, 0.4) is 0 Å². The molecule has 0 aromatic heterocycles. The number of nitrogens with zero attached hydrogens (tertiary/aromatic N) is 1. The molecule has 1 atom stereocenters. The van der Waals surface area contributed by atoms with Crippen molar-refractivity contribution in [3.8, 4) is 5.75 Å². The molecule has 1 heterocycles. The van der Waals surface area contributed by atoms with E-state index in [1.165, 1.54) is 19.2 Å². The van der Waals surface area contributed by atoms with Crippen molar-refractivity contribution in [2.75, 3.05) is 18.6 Å². The third kappa shape index (κ3) is 4.34. The third-order valence-corrected chi connectivity index (χ3v) is 3.37. The average Bonchev–Trinajstić information content (AvgIpc) is 2.56. The lowest BCUT2D eigenvalue weighted by molar-refractivity contribution is -0.138. The van der Waals surface area contributed by atoms with Gasteiger partial charge in [-0.25, -0.2) is 4.79 Å². The molecule has 1 aliphatic heterocycles. The molecule has 0 bridgehead atoms. The highest BCUT2D eigenvalue weighted by Gasteiger charge is 2.39. The van der Waals surface area contributed by atoms with E-state index < -0.39 is 47.7 Å². The number of hydrogen-bond acceptors (Lipinski definition) is 4. The van der Waals surface area contributed by atoms with E-state index in [-0.39, 0.29) is 5.69 Å². The van der Waals surface area contributed by atoms with Crippen molar-refractivity contribution < 1.29 is 32.2 Å². The smallest absolute Gasteiger partial charge is 0.420 e. The van der Waals surface area contributed by atoms with Crippen LogP contribution < -0.4 is 15.0 Å². The molecule has 0 fully saturated rings. The van der Waals surface area contributed by atoms with Gasteiger partial charge in [-0.3, -0.25) is 4.79 Å². The van der Waals surface area contributed by atoms with Gasteiger partial charge < -0.3 is 19.7 Å². The minimum absolute atomic E-state index is 0.0201. The first-order chi connectivity index (χ1) is 11.4. The van der Waals surface area contributed by atoms with Crippen LogP contribution in [0.25, 0.3) is 0 Å². The lowest BCUT2D eigenvalue weighted by Crippen LogP contribution is -2.50. The number of benzene rings is 1. The van der Waals surface area contributed by atoms with Gasteiger partial charge in [0.05, 0.1) is 11.3 Å². The first-order valence-electron chi connectivity index (χ1n) is 7.50. The van der Waals surface area contributed by atoms with Crippen LogP contribution in [-0.4, -0.2) is 37.3 Å². The number of ether oxygens (including phenoxy) is 2. The largest absolute Gasteiger partial charge is 0.488 e. The summed E-state index contributed by atoms with van der Waals surface area (Å²) in [7, 11) is 1.32. The molecule has 1 aromatic carbocycles. The summed E-state index contributed by atoms with van der Waals surface area (Å²) in [5.74, 6) is -1.05. The zero-order valence-corrected chi connectivity index (χ0v) is 14.2. The van der Waals surface area contributed by atoms with Crippen LogP contribution in [0.15, 0.2) is 18.2 Å². The van der Waals surface area contributed by atoms with Gasteiger partial charge in [-0.1, -0.05) is 6.07 Å². The van der Waals surface area contributed by atoms with E-state index in [2.05, 4.69) is 5.32 Å². The molecule has 25 heavy (non-hydrogen) atoms. The lowest BCUT2D eigenvalue weighted by atomic mass is 10.1. The van der Waals surface area contributed by atoms with Crippen LogP contribution >= 0.6 is 0 Å². The predicted octanol–water partition coefficient (Wildman–Crippen LogP) is 2.95. The number of alkyl halides is 3. The molecule has 6 nitrogen and oxygen atoms in total. The van der Waals surface area contributed by atoms with Gasteiger partial charge in [0.25, 0.3) is 5.91 Å². The SMILES string of the molecule is CN1C(=O)C(NC(=O)OC(C)(C)C)COc2c1cccc2C(F)(F)F. The van der Waals surface area contributed by atoms with Gasteiger partial charge >= 0.3 is 12.3 Å². The molecule has 138 valence electrons. The van der Waals surface area contributed by atoms with Crippen molar-refractivity contribution >= 4 is 17.7 Å². The van der Waals surface area contributed by atoms with Gasteiger partial charge in [0.15, 0.2) is 5.75 Å². The molecule has 1 unspecified atom stereocenters. The Labute approximate surface area is 142 Å². The maximum Gasteiger partial charge on any atom is 0.420 e. The molecule has 2 rings (SSSR count). The number of carbonyl (C=O) groups excluding carboxylic acids is 2. The van der Waals surface area contributed by atoms with E-state index in [9.17, 15) is 22.8 Å². The molecule has 0 spiro atoms. The fourth-order valence-electron chi connectivity index (χ4n) is 2.31. The highest BCUT2D eigenvalue weighted by Crippen LogP contribution is 2.42. The normalized spacial score (nSPS) is 18.1. The van der Waals surface area contributed by atoms with Gasteiger partial charge in [0, 0.05) is 7.05 Å². The van der Waals surface area contributed by atoms with E-state index in [4.69, 9.17) is 9.47 Å². The Balaban J connectivity index is 2.28. The number of nitrogens with one attached hydrogen (secondary N) is 1. The second-order valence-corrected chi connectivity index (χ2v) is 6.56. The number of halogens is 3. The molecule has 2 amide bonds. The molecular formula is C16H19F3N2O4. The number of rotatable bonds is 1.